The average molecular weight is 333 g/mol. The summed E-state index contributed by atoms with van der Waals surface area (Å²) in [5, 5.41) is 18.0. The van der Waals surface area contributed by atoms with Crippen LogP contribution >= 0.6 is 0 Å². The van der Waals surface area contributed by atoms with Gasteiger partial charge in [0.25, 0.3) is 16.8 Å². The minimum atomic E-state index is -0.715. The molecule has 1 heterocycles. The first-order chi connectivity index (χ1) is 11.3. The zero-order valence-corrected chi connectivity index (χ0v) is 13.8. The molecule has 9 nitrogen and oxygen atoms in total. The SMILES string of the molecule is CNC(=O)c1ncnc(Nc2c(N[C@@H](C)C(C)C)c(=O)c2=O)c1O. The largest absolute Gasteiger partial charge is 0.503 e. The maximum absolute atomic E-state index is 11.8. The van der Waals surface area contributed by atoms with E-state index in [0.29, 0.717) is 0 Å². The smallest absolute Gasteiger partial charge is 0.273 e. The molecule has 1 aromatic heterocycles. The van der Waals surface area contributed by atoms with Crippen molar-refractivity contribution >= 4 is 23.1 Å². The Morgan fingerprint density at radius 1 is 1.12 bits per heavy atom. The number of aromatic hydroxyl groups is 1. The quantitative estimate of drug-likeness (QED) is 0.556. The number of nitrogens with one attached hydrogen (secondary N) is 3. The minimum Gasteiger partial charge on any atom is -0.503 e. The summed E-state index contributed by atoms with van der Waals surface area (Å²) in [5.41, 5.74) is -1.44. The van der Waals surface area contributed by atoms with Gasteiger partial charge in [-0.05, 0) is 12.8 Å². The van der Waals surface area contributed by atoms with Gasteiger partial charge < -0.3 is 21.1 Å². The number of carbonyl (C=O) groups is 1. The van der Waals surface area contributed by atoms with Crippen molar-refractivity contribution in [1.82, 2.24) is 15.3 Å². The van der Waals surface area contributed by atoms with Crippen LogP contribution in [0.2, 0.25) is 0 Å². The Morgan fingerprint density at radius 3 is 2.33 bits per heavy atom. The predicted molar refractivity (Wildman–Crippen MR) is 89.6 cm³/mol. The second-order valence-corrected chi connectivity index (χ2v) is 5.71. The first-order valence-corrected chi connectivity index (χ1v) is 7.40. The lowest BCUT2D eigenvalue weighted by Crippen LogP contribution is -2.39. The number of carbonyl (C=O) groups excluding carboxylic acids is 1. The Labute approximate surface area is 137 Å². The predicted octanol–water partition coefficient (Wildman–Crippen LogP) is 0.338. The van der Waals surface area contributed by atoms with E-state index >= 15 is 0 Å². The van der Waals surface area contributed by atoms with E-state index in [4.69, 9.17) is 0 Å². The fourth-order valence-electron chi connectivity index (χ4n) is 1.92. The average Bonchev–Trinajstić information content (AvgIpc) is 2.57. The van der Waals surface area contributed by atoms with Crippen molar-refractivity contribution in [2.45, 2.75) is 26.8 Å². The van der Waals surface area contributed by atoms with E-state index < -0.39 is 22.5 Å². The first-order valence-electron chi connectivity index (χ1n) is 7.40. The molecule has 128 valence electrons. The van der Waals surface area contributed by atoms with E-state index in [9.17, 15) is 19.5 Å². The molecule has 2 rings (SSSR count). The molecule has 0 aliphatic carbocycles. The van der Waals surface area contributed by atoms with Crippen molar-refractivity contribution in [2.24, 2.45) is 5.92 Å². The van der Waals surface area contributed by atoms with E-state index in [0.717, 1.165) is 6.33 Å². The number of aromatic nitrogens is 2. The van der Waals surface area contributed by atoms with Gasteiger partial charge in [0.05, 0.1) is 0 Å². The number of rotatable bonds is 6. The van der Waals surface area contributed by atoms with Gasteiger partial charge in [0, 0.05) is 13.1 Å². The van der Waals surface area contributed by atoms with Crippen LogP contribution in [0.1, 0.15) is 31.3 Å². The third-order valence-electron chi connectivity index (χ3n) is 3.79. The Bertz CT molecular complexity index is 839. The minimum absolute atomic E-state index is 0.00403. The highest BCUT2D eigenvalue weighted by molar-refractivity contribution is 5.96. The van der Waals surface area contributed by atoms with Crippen LogP contribution in [0.3, 0.4) is 0 Å². The first kappa shape index (κ1) is 17.4. The Kier molecular flexibility index (Phi) is 4.82. The third kappa shape index (κ3) is 3.05. The highest BCUT2D eigenvalue weighted by Gasteiger charge is 2.25. The molecular weight excluding hydrogens is 314 g/mol. The van der Waals surface area contributed by atoms with Crippen LogP contribution in [-0.4, -0.2) is 34.1 Å². The van der Waals surface area contributed by atoms with Crippen molar-refractivity contribution in [1.29, 1.82) is 0 Å². The van der Waals surface area contributed by atoms with Crippen molar-refractivity contribution in [2.75, 3.05) is 17.7 Å². The molecule has 1 amide bonds. The molecule has 1 aromatic carbocycles. The van der Waals surface area contributed by atoms with E-state index in [1.807, 2.05) is 20.8 Å². The van der Waals surface area contributed by atoms with Gasteiger partial charge in [-0.15, -0.1) is 0 Å². The number of amides is 1. The summed E-state index contributed by atoms with van der Waals surface area (Å²) in [5.74, 6) is -0.993. The molecule has 0 aliphatic rings. The summed E-state index contributed by atoms with van der Waals surface area (Å²) in [4.78, 5) is 42.7. The van der Waals surface area contributed by atoms with Gasteiger partial charge in [0.15, 0.2) is 17.3 Å². The molecule has 0 unspecified atom stereocenters. The van der Waals surface area contributed by atoms with Crippen molar-refractivity contribution in [3.63, 3.8) is 0 Å². The molecule has 0 bridgehead atoms. The van der Waals surface area contributed by atoms with Gasteiger partial charge in [0.1, 0.15) is 17.7 Å². The summed E-state index contributed by atoms with van der Waals surface area (Å²) in [7, 11) is 1.39. The van der Waals surface area contributed by atoms with Crippen LogP contribution in [-0.2, 0) is 0 Å². The van der Waals surface area contributed by atoms with Gasteiger partial charge in [-0.1, -0.05) is 13.8 Å². The molecule has 24 heavy (non-hydrogen) atoms. The molecule has 4 N–H and O–H groups in total. The molecule has 2 aromatic rings. The molecule has 0 spiro atoms. The topological polar surface area (TPSA) is 133 Å². The zero-order chi connectivity index (χ0) is 18.0. The summed E-state index contributed by atoms with van der Waals surface area (Å²) in [6, 6.07) is -0.0331. The van der Waals surface area contributed by atoms with Crippen LogP contribution in [0.25, 0.3) is 0 Å². The fraction of sp³-hybridized carbons (Fsp3) is 0.400. The van der Waals surface area contributed by atoms with Gasteiger partial charge in [-0.2, -0.15) is 0 Å². The lowest BCUT2D eigenvalue weighted by molar-refractivity contribution is 0.0955. The number of hydrogen-bond acceptors (Lipinski definition) is 8. The summed E-state index contributed by atoms with van der Waals surface area (Å²) >= 11 is 0. The molecular formula is C15H19N5O4. The normalized spacial score (nSPS) is 12.2. The molecule has 0 fully saturated rings. The number of hydrogen-bond donors (Lipinski definition) is 4. The molecule has 1 atom stereocenters. The van der Waals surface area contributed by atoms with Gasteiger partial charge in [0.2, 0.25) is 0 Å². The summed E-state index contributed by atoms with van der Waals surface area (Å²) in [6.45, 7) is 5.83. The second-order valence-electron chi connectivity index (χ2n) is 5.71. The van der Waals surface area contributed by atoms with E-state index in [1.165, 1.54) is 7.05 Å². The van der Waals surface area contributed by atoms with Gasteiger partial charge in [-0.25, -0.2) is 9.97 Å². The molecule has 0 radical (unpaired) electrons. The highest BCUT2D eigenvalue weighted by atomic mass is 16.3. The summed E-state index contributed by atoms with van der Waals surface area (Å²) in [6.07, 6.45) is 1.07. The van der Waals surface area contributed by atoms with Gasteiger partial charge >= 0.3 is 0 Å². The second kappa shape index (κ2) is 6.65. The number of anilines is 3. The zero-order valence-electron chi connectivity index (χ0n) is 13.8. The molecule has 9 heteroatoms. The van der Waals surface area contributed by atoms with Crippen molar-refractivity contribution in [3.05, 3.63) is 32.5 Å². The molecule has 0 saturated heterocycles. The molecule has 0 saturated carbocycles. The Morgan fingerprint density at radius 2 is 1.75 bits per heavy atom. The molecule has 0 aliphatic heterocycles. The standard InChI is InChI=1S/C15H19N5O4/c1-6(2)7(3)19-8-9(12(22)11(8)21)20-14-13(23)10(15(24)16-4)17-5-18-14/h5-7,19,23H,1-4H3,(H,16,24)(H,17,18,20)/t7-/m0/s1. The fourth-order valence-corrected chi connectivity index (χ4v) is 1.92. The van der Waals surface area contributed by atoms with E-state index in [2.05, 4.69) is 25.9 Å². The Balaban J connectivity index is 2.34. The van der Waals surface area contributed by atoms with Crippen LogP contribution in [0, 0.1) is 5.92 Å². The van der Waals surface area contributed by atoms with Crippen molar-refractivity contribution < 1.29 is 9.90 Å². The lowest BCUT2D eigenvalue weighted by atomic mass is 10.0. The lowest BCUT2D eigenvalue weighted by Gasteiger charge is -2.22. The van der Waals surface area contributed by atoms with Crippen molar-refractivity contribution in [3.8, 4) is 5.75 Å². The maximum Gasteiger partial charge on any atom is 0.273 e. The van der Waals surface area contributed by atoms with E-state index in [-0.39, 0.29) is 34.8 Å². The van der Waals surface area contributed by atoms with E-state index in [1.54, 1.807) is 0 Å². The van der Waals surface area contributed by atoms with Gasteiger partial charge in [-0.3, -0.25) is 14.4 Å². The number of nitrogens with zero attached hydrogens (tertiary/aromatic N) is 2. The highest BCUT2D eigenvalue weighted by Crippen LogP contribution is 2.28. The van der Waals surface area contributed by atoms with Crippen LogP contribution in [0.5, 0.6) is 5.75 Å². The van der Waals surface area contributed by atoms with Crippen LogP contribution < -0.4 is 26.8 Å². The third-order valence-corrected chi connectivity index (χ3v) is 3.79. The maximum atomic E-state index is 11.8. The summed E-state index contributed by atoms with van der Waals surface area (Å²) < 4.78 is 0. The Hall–Kier alpha value is -2.97. The van der Waals surface area contributed by atoms with Crippen LogP contribution in [0.15, 0.2) is 15.9 Å². The monoisotopic (exact) mass is 333 g/mol. The van der Waals surface area contributed by atoms with Crippen LogP contribution in [0.4, 0.5) is 17.2 Å².